The van der Waals surface area contributed by atoms with Crippen LogP contribution in [0.25, 0.3) is 0 Å². The van der Waals surface area contributed by atoms with Crippen LogP contribution in [-0.4, -0.2) is 10.1 Å². The van der Waals surface area contributed by atoms with E-state index in [0.717, 1.165) is 5.57 Å². The number of rotatable bonds is 3. The topological polar surface area (TPSA) is 33.1 Å². The van der Waals surface area contributed by atoms with Crippen LogP contribution in [0.4, 0.5) is 0 Å². The van der Waals surface area contributed by atoms with Gasteiger partial charge in [-0.15, -0.1) is 6.58 Å². The van der Waals surface area contributed by atoms with Crippen molar-refractivity contribution in [1.82, 2.24) is 4.98 Å². The number of halogens is 1. The van der Waals surface area contributed by atoms with Crippen molar-refractivity contribution in [2.45, 2.75) is 19.4 Å². The summed E-state index contributed by atoms with van der Waals surface area (Å²) >= 11 is 5.85. The van der Waals surface area contributed by atoms with E-state index >= 15 is 0 Å². The fourth-order valence-corrected chi connectivity index (χ4v) is 1.32. The number of hydrogen-bond acceptors (Lipinski definition) is 2. The predicted molar refractivity (Wildman–Crippen MR) is 53.6 cm³/mol. The largest absolute Gasteiger partial charge is 0.386 e. The molecule has 13 heavy (non-hydrogen) atoms. The molecule has 70 valence electrons. The molecule has 0 fully saturated rings. The smallest absolute Gasteiger partial charge is 0.101 e. The minimum absolute atomic E-state index is 0.497. The van der Waals surface area contributed by atoms with Gasteiger partial charge in [-0.1, -0.05) is 17.2 Å². The first-order valence-electron chi connectivity index (χ1n) is 4.04. The molecule has 0 aromatic carbocycles. The SMILES string of the molecule is C=C(C)CC(O)c1ncccc1Cl. The number of aliphatic hydroxyl groups excluding tert-OH is 1. The van der Waals surface area contributed by atoms with Crippen LogP contribution in [0.5, 0.6) is 0 Å². The van der Waals surface area contributed by atoms with Gasteiger partial charge in [0.25, 0.3) is 0 Å². The van der Waals surface area contributed by atoms with Gasteiger partial charge in [-0.25, -0.2) is 0 Å². The third-order valence-electron chi connectivity index (χ3n) is 1.64. The maximum Gasteiger partial charge on any atom is 0.101 e. The van der Waals surface area contributed by atoms with Crippen LogP contribution in [0.2, 0.25) is 5.02 Å². The summed E-state index contributed by atoms with van der Waals surface area (Å²) in [6, 6.07) is 3.45. The van der Waals surface area contributed by atoms with Gasteiger partial charge in [-0.3, -0.25) is 4.98 Å². The van der Waals surface area contributed by atoms with Crippen molar-refractivity contribution in [3.05, 3.63) is 41.2 Å². The summed E-state index contributed by atoms with van der Waals surface area (Å²) in [5.74, 6) is 0. The molecule has 1 unspecified atom stereocenters. The Morgan fingerprint density at radius 1 is 1.77 bits per heavy atom. The zero-order chi connectivity index (χ0) is 9.84. The standard InChI is InChI=1S/C10H12ClNO/c1-7(2)6-9(13)10-8(11)4-3-5-12-10/h3-5,9,13H,1,6H2,2H3. The molecule has 0 radical (unpaired) electrons. The Hall–Kier alpha value is -0.860. The van der Waals surface area contributed by atoms with E-state index < -0.39 is 6.10 Å². The van der Waals surface area contributed by atoms with Crippen LogP contribution in [0, 0.1) is 0 Å². The summed E-state index contributed by atoms with van der Waals surface area (Å²) in [6.45, 7) is 5.58. The van der Waals surface area contributed by atoms with E-state index in [1.54, 1.807) is 18.3 Å². The summed E-state index contributed by atoms with van der Waals surface area (Å²) in [5, 5.41) is 10.2. The highest BCUT2D eigenvalue weighted by molar-refractivity contribution is 6.31. The van der Waals surface area contributed by atoms with Crippen molar-refractivity contribution in [3.63, 3.8) is 0 Å². The Morgan fingerprint density at radius 3 is 3.00 bits per heavy atom. The van der Waals surface area contributed by atoms with Crippen LogP contribution in [0.1, 0.15) is 25.1 Å². The molecule has 1 N–H and O–H groups in total. The Balaban J connectivity index is 2.82. The molecule has 1 atom stereocenters. The van der Waals surface area contributed by atoms with Gasteiger partial charge < -0.3 is 5.11 Å². The van der Waals surface area contributed by atoms with Crippen molar-refractivity contribution in [2.75, 3.05) is 0 Å². The fraction of sp³-hybridized carbons (Fsp3) is 0.300. The molecular weight excluding hydrogens is 186 g/mol. The minimum atomic E-state index is -0.647. The number of nitrogens with zero attached hydrogens (tertiary/aromatic N) is 1. The van der Waals surface area contributed by atoms with Crippen molar-refractivity contribution < 1.29 is 5.11 Å². The first kappa shape index (κ1) is 10.2. The van der Waals surface area contributed by atoms with Crippen molar-refractivity contribution >= 4 is 11.6 Å². The Morgan fingerprint density at radius 2 is 2.46 bits per heavy atom. The fourth-order valence-electron chi connectivity index (χ4n) is 1.07. The van der Waals surface area contributed by atoms with Crippen molar-refractivity contribution in [1.29, 1.82) is 0 Å². The van der Waals surface area contributed by atoms with Crippen LogP contribution in [0.15, 0.2) is 30.5 Å². The third-order valence-corrected chi connectivity index (χ3v) is 1.96. The summed E-state index contributed by atoms with van der Waals surface area (Å²) in [6.07, 6.45) is 1.46. The summed E-state index contributed by atoms with van der Waals surface area (Å²) in [4.78, 5) is 4.01. The molecule has 0 aliphatic carbocycles. The average molecular weight is 198 g/mol. The monoisotopic (exact) mass is 197 g/mol. The molecule has 0 aliphatic rings. The van der Waals surface area contributed by atoms with Gasteiger partial charge in [0.2, 0.25) is 0 Å². The maximum absolute atomic E-state index is 9.66. The quantitative estimate of drug-likeness (QED) is 0.756. The van der Waals surface area contributed by atoms with E-state index in [4.69, 9.17) is 11.6 Å². The van der Waals surface area contributed by atoms with Crippen LogP contribution >= 0.6 is 11.6 Å². The Kier molecular flexibility index (Phi) is 3.46. The molecule has 1 rings (SSSR count). The van der Waals surface area contributed by atoms with Gasteiger partial charge in [0, 0.05) is 6.20 Å². The van der Waals surface area contributed by atoms with Crippen LogP contribution < -0.4 is 0 Å². The van der Waals surface area contributed by atoms with Crippen LogP contribution in [0.3, 0.4) is 0 Å². The van der Waals surface area contributed by atoms with Gasteiger partial charge in [0.1, 0.15) is 6.10 Å². The van der Waals surface area contributed by atoms with Crippen LogP contribution in [-0.2, 0) is 0 Å². The number of aromatic nitrogens is 1. The molecule has 0 bridgehead atoms. The minimum Gasteiger partial charge on any atom is -0.386 e. The van der Waals surface area contributed by atoms with E-state index in [2.05, 4.69) is 11.6 Å². The summed E-state index contributed by atoms with van der Waals surface area (Å²) in [5.41, 5.74) is 1.43. The third kappa shape index (κ3) is 2.83. The molecule has 0 spiro atoms. The molecule has 0 saturated heterocycles. The zero-order valence-corrected chi connectivity index (χ0v) is 8.25. The molecule has 0 saturated carbocycles. The normalized spacial score (nSPS) is 12.5. The Labute approximate surface area is 82.9 Å². The van der Waals surface area contributed by atoms with Crippen molar-refractivity contribution in [2.24, 2.45) is 0 Å². The first-order chi connectivity index (χ1) is 6.11. The first-order valence-corrected chi connectivity index (χ1v) is 4.42. The average Bonchev–Trinajstić information content (AvgIpc) is 2.03. The summed E-state index contributed by atoms with van der Waals surface area (Å²) in [7, 11) is 0. The highest BCUT2D eigenvalue weighted by Gasteiger charge is 2.12. The molecule has 2 nitrogen and oxygen atoms in total. The van der Waals surface area contributed by atoms with Crippen molar-refractivity contribution in [3.8, 4) is 0 Å². The van der Waals surface area contributed by atoms with Gasteiger partial charge in [-0.05, 0) is 25.5 Å². The van der Waals surface area contributed by atoms with Gasteiger partial charge >= 0.3 is 0 Å². The lowest BCUT2D eigenvalue weighted by Gasteiger charge is -2.10. The second kappa shape index (κ2) is 4.40. The predicted octanol–water partition coefficient (Wildman–Crippen LogP) is 2.73. The Bertz CT molecular complexity index is 312. The van der Waals surface area contributed by atoms with E-state index in [1.165, 1.54) is 0 Å². The number of aliphatic hydroxyl groups is 1. The van der Waals surface area contributed by atoms with Gasteiger partial charge in [0.05, 0.1) is 10.7 Å². The lowest BCUT2D eigenvalue weighted by Crippen LogP contribution is -2.01. The molecule has 0 aliphatic heterocycles. The molecule has 0 amide bonds. The molecule has 3 heteroatoms. The highest BCUT2D eigenvalue weighted by atomic mass is 35.5. The molecule has 1 heterocycles. The molecule has 1 aromatic heterocycles. The second-order valence-corrected chi connectivity index (χ2v) is 3.45. The second-order valence-electron chi connectivity index (χ2n) is 3.05. The summed E-state index contributed by atoms with van der Waals surface area (Å²) < 4.78 is 0. The number of pyridine rings is 1. The zero-order valence-electron chi connectivity index (χ0n) is 7.50. The lowest BCUT2D eigenvalue weighted by molar-refractivity contribution is 0.174. The van der Waals surface area contributed by atoms with E-state index in [9.17, 15) is 5.11 Å². The van der Waals surface area contributed by atoms with Gasteiger partial charge in [-0.2, -0.15) is 0 Å². The molecule has 1 aromatic rings. The highest BCUT2D eigenvalue weighted by Crippen LogP contribution is 2.24. The maximum atomic E-state index is 9.66. The van der Waals surface area contributed by atoms with Gasteiger partial charge in [0.15, 0.2) is 0 Å². The number of hydrogen-bond donors (Lipinski definition) is 1. The van der Waals surface area contributed by atoms with E-state index in [-0.39, 0.29) is 0 Å². The lowest BCUT2D eigenvalue weighted by atomic mass is 10.1. The molecular formula is C10H12ClNO. The van der Waals surface area contributed by atoms with E-state index in [1.807, 2.05) is 6.92 Å². The van der Waals surface area contributed by atoms with E-state index in [0.29, 0.717) is 17.1 Å².